The Morgan fingerprint density at radius 2 is 2.00 bits per heavy atom. The smallest absolute Gasteiger partial charge is 0.312 e. The van der Waals surface area contributed by atoms with Gasteiger partial charge in [-0.3, -0.25) is 4.79 Å². The molecule has 0 saturated heterocycles. The van der Waals surface area contributed by atoms with Gasteiger partial charge >= 0.3 is 5.97 Å². The second-order valence-electron chi connectivity index (χ2n) is 5.50. The van der Waals surface area contributed by atoms with E-state index in [9.17, 15) is 18.8 Å². The normalized spacial score (nSPS) is 14.3. The number of esters is 1. The van der Waals surface area contributed by atoms with Crippen LogP contribution in [0.3, 0.4) is 0 Å². The molecule has 8 heteroatoms. The van der Waals surface area contributed by atoms with Crippen molar-refractivity contribution in [2.75, 3.05) is 12.8 Å². The highest BCUT2D eigenvalue weighted by Crippen LogP contribution is 2.31. The molecule has 0 aliphatic heterocycles. The third-order valence-corrected chi connectivity index (χ3v) is 3.98. The van der Waals surface area contributed by atoms with Crippen molar-refractivity contribution in [3.05, 3.63) is 35.4 Å². The summed E-state index contributed by atoms with van der Waals surface area (Å²) in [6, 6.07) is 6.79. The monoisotopic (exact) mass is 349 g/mol. The highest BCUT2D eigenvalue weighted by molar-refractivity contribution is 5.78. The van der Waals surface area contributed by atoms with Crippen LogP contribution in [0.5, 0.6) is 0 Å². The predicted molar refractivity (Wildman–Crippen MR) is 87.9 cm³/mol. The van der Waals surface area contributed by atoms with Crippen molar-refractivity contribution in [2.24, 2.45) is 0 Å². The van der Waals surface area contributed by atoms with Crippen molar-refractivity contribution in [3.63, 3.8) is 0 Å². The van der Waals surface area contributed by atoms with Gasteiger partial charge in [-0.1, -0.05) is 24.3 Å². The van der Waals surface area contributed by atoms with E-state index in [1.807, 2.05) is 6.07 Å². The Bertz CT molecular complexity index is 853. The largest absolute Gasteiger partial charge is 0.469 e. The lowest BCUT2D eigenvalue weighted by molar-refractivity contribution is -0.141. The van der Waals surface area contributed by atoms with E-state index in [1.165, 1.54) is 7.11 Å². The average Bonchev–Trinajstić information content (AvgIpc) is 2.95. The number of ether oxygens (including phenoxy) is 1. The van der Waals surface area contributed by atoms with Gasteiger partial charge in [-0.05, 0) is 19.4 Å². The van der Waals surface area contributed by atoms with Crippen molar-refractivity contribution in [1.82, 2.24) is 9.78 Å². The second kappa shape index (κ2) is 7.30. The molecule has 0 fully saturated rings. The number of alkyl halides is 2. The van der Waals surface area contributed by atoms with Gasteiger partial charge < -0.3 is 10.5 Å². The summed E-state index contributed by atoms with van der Waals surface area (Å²) in [7, 11) is 1.30. The van der Waals surface area contributed by atoms with Crippen molar-refractivity contribution in [1.29, 1.82) is 5.26 Å². The predicted octanol–water partition coefficient (Wildman–Crippen LogP) is 3.11. The zero-order valence-electron chi connectivity index (χ0n) is 15.0. The van der Waals surface area contributed by atoms with E-state index < -0.39 is 24.3 Å². The quantitative estimate of drug-likeness (QED) is 0.837. The molecule has 0 saturated carbocycles. The molecule has 2 rings (SSSR count). The lowest BCUT2D eigenvalue weighted by atomic mass is 9.98. The molecule has 0 radical (unpaired) electrons. The molecule has 0 amide bonds. The van der Waals surface area contributed by atoms with Gasteiger partial charge in [0.15, 0.2) is 0 Å². The number of nitrogens with two attached hydrogens (primary N) is 1. The number of carbonyl (C=O) groups is 1. The van der Waals surface area contributed by atoms with Gasteiger partial charge in [0.05, 0.1) is 13.0 Å². The summed E-state index contributed by atoms with van der Waals surface area (Å²) in [4.78, 5) is 11.6. The highest BCUT2D eigenvalue weighted by Gasteiger charge is 2.25. The number of carbonyl (C=O) groups excluding carboxylic acids is 1. The molecule has 2 atom stereocenters. The van der Waals surface area contributed by atoms with E-state index in [2.05, 4.69) is 5.10 Å². The molecular weight excluding hydrogens is 330 g/mol. The molecule has 1 heterocycles. The van der Waals surface area contributed by atoms with E-state index in [0.29, 0.717) is 11.1 Å². The first-order valence-corrected chi connectivity index (χ1v) is 7.45. The summed E-state index contributed by atoms with van der Waals surface area (Å²) in [6.45, 7) is 2.79. The van der Waals surface area contributed by atoms with E-state index in [1.54, 1.807) is 31.2 Å². The summed E-state index contributed by atoms with van der Waals surface area (Å²) in [5, 5.41) is 13.3. The lowest BCUT2D eigenvalue weighted by Crippen LogP contribution is -2.17. The number of hydrogen-bond donors (Lipinski definition) is 1. The molecule has 2 N–H and O–H groups in total. The molecule has 1 aromatic heterocycles. The van der Waals surface area contributed by atoms with Crippen LogP contribution in [-0.2, 0) is 9.53 Å². The Morgan fingerprint density at radius 3 is 2.48 bits per heavy atom. The third-order valence-electron chi connectivity index (χ3n) is 3.98. The van der Waals surface area contributed by atoms with Crippen LogP contribution < -0.4 is 5.73 Å². The van der Waals surface area contributed by atoms with Crippen molar-refractivity contribution in [3.8, 4) is 17.3 Å². The van der Waals surface area contributed by atoms with Crippen LogP contribution in [0.4, 0.5) is 14.6 Å². The molecular formula is C17H18F2N4O2. The number of hydrogen-bond acceptors (Lipinski definition) is 5. The number of anilines is 1. The fraction of sp³-hybridized carbons (Fsp3) is 0.353. The molecule has 0 aliphatic carbocycles. The first kappa shape index (κ1) is 16.9. The molecule has 0 bridgehead atoms. The fourth-order valence-corrected chi connectivity index (χ4v) is 2.39. The van der Waals surface area contributed by atoms with E-state index in [0.717, 1.165) is 11.6 Å². The molecule has 0 spiro atoms. The number of aromatic nitrogens is 2. The molecule has 132 valence electrons. The highest BCUT2D eigenvalue weighted by atomic mass is 19.3. The summed E-state index contributed by atoms with van der Waals surface area (Å²) < 4.78 is 39.0. The summed E-state index contributed by atoms with van der Waals surface area (Å²) in [6.07, 6.45) is -3.80. The maximum Gasteiger partial charge on any atom is 0.312 e. The zero-order chi connectivity index (χ0) is 19.6. The first-order chi connectivity index (χ1) is 12.1. The minimum Gasteiger partial charge on any atom is -0.469 e. The maximum atomic E-state index is 13.3. The van der Waals surface area contributed by atoms with E-state index in [-0.39, 0.29) is 17.1 Å². The fourth-order valence-electron chi connectivity index (χ4n) is 2.39. The Kier molecular flexibility index (Phi) is 4.93. The topological polar surface area (TPSA) is 93.9 Å². The van der Waals surface area contributed by atoms with Crippen LogP contribution in [0, 0.1) is 11.3 Å². The maximum absolute atomic E-state index is 13.3. The average molecular weight is 349 g/mol. The molecule has 1 aromatic carbocycles. The number of methoxy groups -OCH3 is 1. The van der Waals surface area contributed by atoms with Crippen LogP contribution in [0.1, 0.15) is 38.3 Å². The van der Waals surface area contributed by atoms with Gasteiger partial charge in [0.2, 0.25) is 0 Å². The van der Waals surface area contributed by atoms with Gasteiger partial charge in [0, 0.05) is 5.56 Å². The first-order valence-electron chi connectivity index (χ1n) is 7.95. The number of benzene rings is 1. The van der Waals surface area contributed by atoms with Gasteiger partial charge in [-0.15, -0.1) is 0 Å². The van der Waals surface area contributed by atoms with Crippen LogP contribution in [0.25, 0.3) is 11.3 Å². The minimum absolute atomic E-state index is 0.0464. The third kappa shape index (κ3) is 3.45. The van der Waals surface area contributed by atoms with Crippen LogP contribution in [0.15, 0.2) is 24.3 Å². The van der Waals surface area contributed by atoms with Gasteiger partial charge in [0.25, 0.3) is 6.40 Å². The molecule has 2 aromatic rings. The van der Waals surface area contributed by atoms with E-state index >= 15 is 0 Å². The van der Waals surface area contributed by atoms with Gasteiger partial charge in [0.1, 0.15) is 30.6 Å². The zero-order valence-corrected chi connectivity index (χ0v) is 14.0. The number of halogens is 2. The number of rotatable bonds is 5. The number of nitrogens with zero attached hydrogens (tertiary/aromatic N) is 3. The molecule has 2 unspecified atom stereocenters. The van der Waals surface area contributed by atoms with Gasteiger partial charge in [-0.2, -0.15) is 10.4 Å². The summed E-state index contributed by atoms with van der Waals surface area (Å²) in [5.74, 6) is -1.10. The summed E-state index contributed by atoms with van der Waals surface area (Å²) in [5.41, 5.74) is 7.05. The summed E-state index contributed by atoms with van der Waals surface area (Å²) >= 11 is 0. The van der Waals surface area contributed by atoms with Crippen molar-refractivity contribution < 1.29 is 19.7 Å². The van der Waals surface area contributed by atoms with Crippen LogP contribution in [0.2, 0.25) is 0 Å². The van der Waals surface area contributed by atoms with E-state index in [4.69, 9.17) is 11.8 Å². The standard InChI is InChI=1S/C17H18F2N4O2/c1-9(17(24)25-3)11-4-6-12(7-5-11)14-13(8-20)16(21)23(22-14)10(2)15(18)19/h4-7,9-10,15H,21H2,1-3H3/i15D. The minimum atomic E-state index is -3.80. The second-order valence-corrected chi connectivity index (χ2v) is 5.50. The Labute approximate surface area is 145 Å². The van der Waals surface area contributed by atoms with Crippen LogP contribution >= 0.6 is 0 Å². The number of nitrogen functional groups attached to an aromatic ring is 1. The van der Waals surface area contributed by atoms with Crippen molar-refractivity contribution >= 4 is 11.8 Å². The van der Waals surface area contributed by atoms with Crippen molar-refractivity contribution in [2.45, 2.75) is 32.2 Å². The molecule has 0 aliphatic rings. The van der Waals surface area contributed by atoms with Crippen LogP contribution in [-0.4, -0.2) is 29.3 Å². The molecule has 25 heavy (non-hydrogen) atoms. The Hall–Kier alpha value is -2.95. The lowest BCUT2D eigenvalue weighted by Gasteiger charge is -2.12. The Balaban J connectivity index is 2.46. The van der Waals surface area contributed by atoms with Gasteiger partial charge in [-0.25, -0.2) is 13.5 Å². The molecule has 6 nitrogen and oxygen atoms in total. The number of nitriles is 1. The Morgan fingerprint density at radius 1 is 1.40 bits per heavy atom. The SMILES string of the molecule is [2H]C(F)(F)C(C)n1nc(-c2ccc(C(C)C(=O)OC)cc2)c(C#N)c1N.